The van der Waals surface area contributed by atoms with E-state index in [2.05, 4.69) is 36.8 Å². The second kappa shape index (κ2) is 5.14. The molecule has 0 bridgehead atoms. The molecular formula is C8H7Br2F2NO. The predicted octanol–water partition coefficient (Wildman–Crippen LogP) is 3.17. The minimum atomic E-state index is -2.57. The molecular weight excluding hydrogens is 324 g/mol. The van der Waals surface area contributed by atoms with Crippen LogP contribution in [0.5, 0.6) is 0 Å². The first-order chi connectivity index (χ1) is 6.60. The van der Waals surface area contributed by atoms with Crippen molar-refractivity contribution in [3.05, 3.63) is 27.5 Å². The van der Waals surface area contributed by atoms with Gasteiger partial charge in [0, 0.05) is 5.33 Å². The van der Waals surface area contributed by atoms with E-state index in [4.69, 9.17) is 5.11 Å². The van der Waals surface area contributed by atoms with Crippen molar-refractivity contribution in [3.8, 4) is 0 Å². The van der Waals surface area contributed by atoms with Gasteiger partial charge < -0.3 is 5.11 Å². The molecule has 1 N–H and O–H groups in total. The molecule has 1 aromatic heterocycles. The molecule has 0 amide bonds. The van der Waals surface area contributed by atoms with E-state index in [9.17, 15) is 8.78 Å². The Morgan fingerprint density at radius 3 is 2.57 bits per heavy atom. The highest BCUT2D eigenvalue weighted by atomic mass is 79.9. The van der Waals surface area contributed by atoms with Crippen molar-refractivity contribution < 1.29 is 13.9 Å². The number of pyridine rings is 1. The number of hydrogen-bond donors (Lipinski definition) is 1. The van der Waals surface area contributed by atoms with Crippen LogP contribution in [0.3, 0.4) is 0 Å². The van der Waals surface area contributed by atoms with Crippen molar-refractivity contribution in [3.63, 3.8) is 0 Å². The zero-order valence-electron chi connectivity index (χ0n) is 6.98. The quantitative estimate of drug-likeness (QED) is 0.682. The van der Waals surface area contributed by atoms with Gasteiger partial charge in [0.15, 0.2) is 0 Å². The molecule has 0 atom stereocenters. The predicted molar refractivity (Wildman–Crippen MR) is 55.4 cm³/mol. The van der Waals surface area contributed by atoms with Crippen molar-refractivity contribution in [2.24, 2.45) is 0 Å². The van der Waals surface area contributed by atoms with E-state index in [1.807, 2.05) is 0 Å². The normalized spacial score (nSPS) is 11.0. The molecule has 0 saturated carbocycles. The number of aromatic nitrogens is 1. The van der Waals surface area contributed by atoms with Gasteiger partial charge in [0.1, 0.15) is 4.60 Å². The van der Waals surface area contributed by atoms with E-state index in [-0.39, 0.29) is 16.8 Å². The van der Waals surface area contributed by atoms with Crippen molar-refractivity contribution in [1.82, 2.24) is 4.98 Å². The fourth-order valence-corrected chi connectivity index (χ4v) is 2.17. The first-order valence-electron chi connectivity index (χ1n) is 3.73. The Balaban J connectivity index is 3.27. The SMILES string of the molecule is OCc1cc(CBr)c(C(F)F)c(Br)n1. The van der Waals surface area contributed by atoms with Gasteiger partial charge >= 0.3 is 0 Å². The van der Waals surface area contributed by atoms with Gasteiger partial charge in [-0.05, 0) is 27.6 Å². The number of alkyl halides is 3. The number of aliphatic hydroxyl groups is 1. The lowest BCUT2D eigenvalue weighted by atomic mass is 10.1. The third-order valence-corrected chi connectivity index (χ3v) is 2.88. The summed E-state index contributed by atoms with van der Waals surface area (Å²) in [5.74, 6) is 0. The van der Waals surface area contributed by atoms with E-state index in [0.29, 0.717) is 16.6 Å². The first kappa shape index (κ1) is 12.0. The van der Waals surface area contributed by atoms with Crippen LogP contribution in [0.1, 0.15) is 23.2 Å². The van der Waals surface area contributed by atoms with Crippen molar-refractivity contribution in [2.45, 2.75) is 18.4 Å². The van der Waals surface area contributed by atoms with Crippen molar-refractivity contribution in [1.29, 1.82) is 0 Å². The lowest BCUT2D eigenvalue weighted by Gasteiger charge is -2.09. The monoisotopic (exact) mass is 329 g/mol. The molecule has 1 heterocycles. The first-order valence-corrected chi connectivity index (χ1v) is 5.64. The average molecular weight is 331 g/mol. The second-order valence-corrected chi connectivity index (χ2v) is 3.88. The van der Waals surface area contributed by atoms with Gasteiger partial charge in [0.2, 0.25) is 0 Å². The third kappa shape index (κ3) is 2.49. The highest BCUT2D eigenvalue weighted by Gasteiger charge is 2.18. The fourth-order valence-electron chi connectivity index (χ4n) is 1.05. The minimum Gasteiger partial charge on any atom is -0.390 e. The van der Waals surface area contributed by atoms with Crippen LogP contribution >= 0.6 is 31.9 Å². The number of halogens is 4. The molecule has 2 nitrogen and oxygen atoms in total. The zero-order chi connectivity index (χ0) is 10.7. The Hall–Kier alpha value is -0.0700. The third-order valence-electron chi connectivity index (χ3n) is 1.67. The maximum absolute atomic E-state index is 12.6. The molecule has 78 valence electrons. The highest BCUT2D eigenvalue weighted by molar-refractivity contribution is 9.10. The van der Waals surface area contributed by atoms with Crippen LogP contribution in [0.2, 0.25) is 0 Å². The summed E-state index contributed by atoms with van der Waals surface area (Å²) in [5, 5.41) is 9.13. The lowest BCUT2D eigenvalue weighted by molar-refractivity contribution is 0.149. The molecule has 0 aliphatic heterocycles. The van der Waals surface area contributed by atoms with Crippen molar-refractivity contribution in [2.75, 3.05) is 0 Å². The summed E-state index contributed by atoms with van der Waals surface area (Å²) in [4.78, 5) is 3.79. The maximum Gasteiger partial charge on any atom is 0.266 e. The largest absolute Gasteiger partial charge is 0.390 e. The summed E-state index contributed by atoms with van der Waals surface area (Å²) < 4.78 is 25.2. The van der Waals surface area contributed by atoms with E-state index >= 15 is 0 Å². The van der Waals surface area contributed by atoms with Crippen molar-refractivity contribution >= 4 is 31.9 Å². The van der Waals surface area contributed by atoms with E-state index in [0.717, 1.165) is 0 Å². The van der Waals surface area contributed by atoms with Gasteiger partial charge in [0.25, 0.3) is 6.43 Å². The van der Waals surface area contributed by atoms with Gasteiger partial charge in [-0.15, -0.1) is 0 Å². The van der Waals surface area contributed by atoms with Crippen LogP contribution in [0.25, 0.3) is 0 Å². The van der Waals surface area contributed by atoms with E-state index in [1.165, 1.54) is 6.07 Å². The molecule has 0 unspecified atom stereocenters. The summed E-state index contributed by atoms with van der Waals surface area (Å²) >= 11 is 6.07. The summed E-state index contributed by atoms with van der Waals surface area (Å²) in [7, 11) is 0. The van der Waals surface area contributed by atoms with Gasteiger partial charge in [-0.1, -0.05) is 15.9 Å². The standard InChI is InChI=1S/C8H7Br2F2NO/c9-2-4-1-5(3-14)13-7(10)6(4)8(11)12/h1,8,14H,2-3H2. The molecule has 0 aliphatic carbocycles. The Kier molecular flexibility index (Phi) is 4.40. The number of rotatable bonds is 3. The molecule has 0 aliphatic rings. The zero-order valence-corrected chi connectivity index (χ0v) is 10.1. The molecule has 0 saturated heterocycles. The molecule has 6 heteroatoms. The molecule has 14 heavy (non-hydrogen) atoms. The summed E-state index contributed by atoms with van der Waals surface area (Å²) in [6.07, 6.45) is -2.57. The van der Waals surface area contributed by atoms with E-state index in [1.54, 1.807) is 0 Å². The van der Waals surface area contributed by atoms with Gasteiger partial charge in [-0.25, -0.2) is 13.8 Å². The van der Waals surface area contributed by atoms with Crippen LogP contribution in [0, 0.1) is 0 Å². The Morgan fingerprint density at radius 1 is 1.50 bits per heavy atom. The van der Waals surface area contributed by atoms with Gasteiger partial charge in [-0.2, -0.15) is 0 Å². The van der Waals surface area contributed by atoms with E-state index < -0.39 is 6.43 Å². The molecule has 0 radical (unpaired) electrons. The number of aliphatic hydroxyl groups excluding tert-OH is 1. The molecule has 0 aromatic carbocycles. The molecule has 1 aromatic rings. The second-order valence-electron chi connectivity index (χ2n) is 2.57. The van der Waals surface area contributed by atoms with Crippen LogP contribution in [0.15, 0.2) is 10.7 Å². The molecule has 0 spiro atoms. The number of hydrogen-bond acceptors (Lipinski definition) is 2. The lowest BCUT2D eigenvalue weighted by Crippen LogP contribution is -2.00. The smallest absolute Gasteiger partial charge is 0.266 e. The van der Waals surface area contributed by atoms with Crippen LogP contribution in [-0.2, 0) is 11.9 Å². The van der Waals surface area contributed by atoms with Crippen LogP contribution < -0.4 is 0 Å². The summed E-state index contributed by atoms with van der Waals surface area (Å²) in [6, 6.07) is 1.46. The Morgan fingerprint density at radius 2 is 2.14 bits per heavy atom. The fraction of sp³-hybridized carbons (Fsp3) is 0.375. The average Bonchev–Trinajstić information content (AvgIpc) is 2.15. The van der Waals surface area contributed by atoms with Gasteiger partial charge in [-0.3, -0.25) is 0 Å². The topological polar surface area (TPSA) is 33.1 Å². The molecule has 0 fully saturated rings. The van der Waals surface area contributed by atoms with Crippen LogP contribution in [0.4, 0.5) is 8.78 Å². The molecule has 1 rings (SSSR count). The summed E-state index contributed by atoms with van der Waals surface area (Å²) in [6.45, 7) is -0.262. The van der Waals surface area contributed by atoms with Crippen LogP contribution in [-0.4, -0.2) is 10.1 Å². The highest BCUT2D eigenvalue weighted by Crippen LogP contribution is 2.31. The maximum atomic E-state index is 12.6. The van der Waals surface area contributed by atoms with Gasteiger partial charge in [0.05, 0.1) is 17.9 Å². The Labute approximate surface area is 96.6 Å². The summed E-state index contributed by atoms with van der Waals surface area (Å²) in [5.41, 5.74) is 0.681. The number of nitrogens with zero attached hydrogens (tertiary/aromatic N) is 1. The minimum absolute atomic E-state index is 0.0912. The Bertz CT molecular complexity index is 333.